The van der Waals surface area contributed by atoms with Crippen LogP contribution in [-0.4, -0.2) is 17.1 Å². The number of rotatable bonds is 4. The van der Waals surface area contributed by atoms with Gasteiger partial charge in [-0.05, 0) is 47.5 Å². The molecule has 1 heterocycles. The predicted molar refractivity (Wildman–Crippen MR) is 89.9 cm³/mol. The Bertz CT molecular complexity index is 801. The summed E-state index contributed by atoms with van der Waals surface area (Å²) in [6, 6.07) is 13.3. The average molecular weight is 334 g/mol. The summed E-state index contributed by atoms with van der Waals surface area (Å²) in [5.41, 5.74) is 1.82. The number of hydrogen-bond acceptors (Lipinski definition) is 4. The fourth-order valence-electron chi connectivity index (χ4n) is 2.14. The van der Waals surface area contributed by atoms with Gasteiger partial charge in [0.2, 0.25) is 5.28 Å². The first-order chi connectivity index (χ1) is 10.7. The van der Waals surface area contributed by atoms with Crippen molar-refractivity contribution in [2.45, 2.75) is 6.54 Å². The van der Waals surface area contributed by atoms with Gasteiger partial charge in [0.05, 0.1) is 12.6 Å². The maximum absolute atomic E-state index is 5.99. The van der Waals surface area contributed by atoms with Crippen LogP contribution in [0.15, 0.2) is 42.5 Å². The molecule has 0 aliphatic carbocycles. The summed E-state index contributed by atoms with van der Waals surface area (Å²) in [5.74, 6) is 1.51. The quantitative estimate of drug-likeness (QED) is 0.711. The molecule has 0 spiro atoms. The second-order valence-electron chi connectivity index (χ2n) is 4.70. The van der Waals surface area contributed by atoms with E-state index in [-0.39, 0.29) is 5.28 Å². The molecule has 0 fully saturated rings. The third kappa shape index (κ3) is 3.24. The fourth-order valence-corrected chi connectivity index (χ4v) is 2.48. The molecule has 0 saturated carbocycles. The Labute approximate surface area is 138 Å². The molecule has 0 unspecified atom stereocenters. The summed E-state index contributed by atoms with van der Waals surface area (Å²) in [4.78, 5) is 8.44. The third-order valence-electron chi connectivity index (χ3n) is 3.25. The molecular formula is C16H13Cl2N3O. The van der Waals surface area contributed by atoms with Crippen LogP contribution in [-0.2, 0) is 6.54 Å². The molecular weight excluding hydrogens is 321 g/mol. The molecule has 22 heavy (non-hydrogen) atoms. The van der Waals surface area contributed by atoms with Crippen molar-refractivity contribution in [3.63, 3.8) is 0 Å². The van der Waals surface area contributed by atoms with Gasteiger partial charge in [0.1, 0.15) is 11.6 Å². The van der Waals surface area contributed by atoms with Crippen molar-refractivity contribution in [1.82, 2.24) is 9.97 Å². The zero-order valence-electron chi connectivity index (χ0n) is 11.8. The molecule has 1 aromatic heterocycles. The summed E-state index contributed by atoms with van der Waals surface area (Å²) in [6.45, 7) is 0.620. The standard InChI is InChI=1S/C16H13Cl2N3O/c1-22-12-5-2-10(3-6-12)9-19-15-13-7-4-11(17)8-14(13)20-16(18)21-15/h2-8H,9H2,1H3,(H,19,20,21). The Morgan fingerprint density at radius 3 is 2.55 bits per heavy atom. The van der Waals surface area contributed by atoms with E-state index in [1.54, 1.807) is 19.2 Å². The van der Waals surface area contributed by atoms with Gasteiger partial charge in [-0.25, -0.2) is 9.97 Å². The zero-order chi connectivity index (χ0) is 15.5. The summed E-state index contributed by atoms with van der Waals surface area (Å²) in [5, 5.41) is 4.96. The Hall–Kier alpha value is -2.04. The number of benzene rings is 2. The van der Waals surface area contributed by atoms with Gasteiger partial charge in [0, 0.05) is 17.0 Å². The van der Waals surface area contributed by atoms with E-state index in [1.807, 2.05) is 30.3 Å². The van der Waals surface area contributed by atoms with Crippen molar-refractivity contribution in [3.8, 4) is 5.75 Å². The van der Waals surface area contributed by atoms with E-state index in [4.69, 9.17) is 27.9 Å². The van der Waals surface area contributed by atoms with Crippen molar-refractivity contribution < 1.29 is 4.74 Å². The highest BCUT2D eigenvalue weighted by atomic mass is 35.5. The van der Waals surface area contributed by atoms with Crippen LogP contribution in [0.3, 0.4) is 0 Å². The van der Waals surface area contributed by atoms with Crippen LogP contribution in [0, 0.1) is 0 Å². The largest absolute Gasteiger partial charge is 0.497 e. The van der Waals surface area contributed by atoms with Gasteiger partial charge in [-0.2, -0.15) is 0 Å². The minimum atomic E-state index is 0.187. The Morgan fingerprint density at radius 2 is 1.82 bits per heavy atom. The third-order valence-corrected chi connectivity index (χ3v) is 3.65. The summed E-state index contributed by atoms with van der Waals surface area (Å²) < 4.78 is 5.15. The highest BCUT2D eigenvalue weighted by Gasteiger charge is 2.07. The average Bonchev–Trinajstić information content (AvgIpc) is 2.52. The molecule has 4 nitrogen and oxygen atoms in total. The van der Waals surface area contributed by atoms with Crippen LogP contribution in [0.2, 0.25) is 10.3 Å². The number of nitrogens with zero attached hydrogens (tertiary/aromatic N) is 2. The SMILES string of the molecule is COc1ccc(CNc2nc(Cl)nc3cc(Cl)ccc23)cc1. The number of ether oxygens (including phenoxy) is 1. The molecule has 112 valence electrons. The van der Waals surface area contributed by atoms with E-state index < -0.39 is 0 Å². The second-order valence-corrected chi connectivity index (χ2v) is 5.48. The summed E-state index contributed by atoms with van der Waals surface area (Å²) in [6.07, 6.45) is 0. The lowest BCUT2D eigenvalue weighted by Crippen LogP contribution is -2.03. The number of halogens is 2. The zero-order valence-corrected chi connectivity index (χ0v) is 13.3. The molecule has 0 aliphatic rings. The molecule has 2 aromatic carbocycles. The van der Waals surface area contributed by atoms with Gasteiger partial charge < -0.3 is 10.1 Å². The monoisotopic (exact) mass is 333 g/mol. The maximum Gasteiger partial charge on any atom is 0.224 e. The van der Waals surface area contributed by atoms with Gasteiger partial charge in [-0.1, -0.05) is 23.7 Å². The normalized spacial score (nSPS) is 10.7. The Balaban J connectivity index is 1.86. The molecule has 0 bridgehead atoms. The maximum atomic E-state index is 5.99. The molecule has 3 aromatic rings. The van der Waals surface area contributed by atoms with Crippen molar-refractivity contribution in [2.24, 2.45) is 0 Å². The van der Waals surface area contributed by atoms with E-state index in [0.717, 1.165) is 16.7 Å². The van der Waals surface area contributed by atoms with E-state index in [0.29, 0.717) is 22.9 Å². The first kappa shape index (κ1) is 14.9. The van der Waals surface area contributed by atoms with Crippen molar-refractivity contribution in [1.29, 1.82) is 0 Å². The van der Waals surface area contributed by atoms with Crippen LogP contribution in [0.25, 0.3) is 10.9 Å². The Kier molecular flexibility index (Phi) is 4.32. The number of anilines is 1. The summed E-state index contributed by atoms with van der Waals surface area (Å²) >= 11 is 12.0. The minimum Gasteiger partial charge on any atom is -0.497 e. The lowest BCUT2D eigenvalue weighted by Gasteiger charge is -2.10. The fraction of sp³-hybridized carbons (Fsp3) is 0.125. The minimum absolute atomic E-state index is 0.187. The van der Waals surface area contributed by atoms with E-state index in [1.165, 1.54) is 0 Å². The smallest absolute Gasteiger partial charge is 0.224 e. The van der Waals surface area contributed by atoms with Crippen LogP contribution in [0.1, 0.15) is 5.56 Å². The first-order valence-corrected chi connectivity index (χ1v) is 7.41. The molecule has 0 aliphatic heterocycles. The first-order valence-electron chi connectivity index (χ1n) is 6.65. The molecule has 1 N–H and O–H groups in total. The van der Waals surface area contributed by atoms with Crippen LogP contribution >= 0.6 is 23.2 Å². The molecule has 6 heteroatoms. The van der Waals surface area contributed by atoms with Gasteiger partial charge >= 0.3 is 0 Å². The highest BCUT2D eigenvalue weighted by molar-refractivity contribution is 6.31. The molecule has 0 radical (unpaired) electrons. The summed E-state index contributed by atoms with van der Waals surface area (Å²) in [7, 11) is 1.65. The topological polar surface area (TPSA) is 47.0 Å². The van der Waals surface area contributed by atoms with E-state index in [9.17, 15) is 0 Å². The van der Waals surface area contributed by atoms with Gasteiger partial charge in [0.15, 0.2) is 0 Å². The van der Waals surface area contributed by atoms with Crippen LogP contribution in [0.5, 0.6) is 5.75 Å². The number of aromatic nitrogens is 2. The van der Waals surface area contributed by atoms with Crippen molar-refractivity contribution >= 4 is 39.9 Å². The number of fused-ring (bicyclic) bond motifs is 1. The molecule has 0 saturated heterocycles. The van der Waals surface area contributed by atoms with E-state index in [2.05, 4.69) is 15.3 Å². The number of hydrogen-bond donors (Lipinski definition) is 1. The van der Waals surface area contributed by atoms with Crippen molar-refractivity contribution in [3.05, 3.63) is 58.3 Å². The van der Waals surface area contributed by atoms with Crippen molar-refractivity contribution in [2.75, 3.05) is 12.4 Å². The Morgan fingerprint density at radius 1 is 1.05 bits per heavy atom. The second kappa shape index (κ2) is 6.38. The van der Waals surface area contributed by atoms with Gasteiger partial charge in [-0.3, -0.25) is 0 Å². The van der Waals surface area contributed by atoms with Crippen LogP contribution < -0.4 is 10.1 Å². The molecule has 0 atom stereocenters. The predicted octanol–water partition coefficient (Wildman–Crippen LogP) is 4.56. The lowest BCUT2D eigenvalue weighted by atomic mass is 10.2. The van der Waals surface area contributed by atoms with Gasteiger partial charge in [0.25, 0.3) is 0 Å². The van der Waals surface area contributed by atoms with E-state index >= 15 is 0 Å². The van der Waals surface area contributed by atoms with Gasteiger partial charge in [-0.15, -0.1) is 0 Å². The number of methoxy groups -OCH3 is 1. The van der Waals surface area contributed by atoms with Crippen LogP contribution in [0.4, 0.5) is 5.82 Å². The molecule has 0 amide bonds. The molecule has 3 rings (SSSR count). The lowest BCUT2D eigenvalue weighted by molar-refractivity contribution is 0.414. The number of nitrogens with one attached hydrogen (secondary N) is 1. The highest BCUT2D eigenvalue weighted by Crippen LogP contribution is 2.25.